The second kappa shape index (κ2) is 8.65. The Bertz CT molecular complexity index is 1350. The van der Waals surface area contributed by atoms with Crippen molar-refractivity contribution in [2.75, 3.05) is 25.4 Å². The summed E-state index contributed by atoms with van der Waals surface area (Å²) in [5, 5.41) is 10.5. The Morgan fingerprint density at radius 2 is 1.88 bits per heavy atom. The van der Waals surface area contributed by atoms with Crippen LogP contribution in [0, 0.1) is 6.92 Å². The van der Waals surface area contributed by atoms with E-state index in [-0.39, 0.29) is 45.9 Å². The van der Waals surface area contributed by atoms with Crippen LogP contribution in [0.15, 0.2) is 39.9 Å². The molecule has 0 bridgehead atoms. The van der Waals surface area contributed by atoms with Gasteiger partial charge in [-0.1, -0.05) is 11.6 Å². The maximum Gasteiger partial charge on any atom is 0.331 e. The number of nitrogens with two attached hydrogens (primary N) is 1. The molecule has 0 atom stereocenters. The molecule has 9 heteroatoms. The lowest BCUT2D eigenvalue weighted by atomic mass is 10.0. The Hall–Kier alpha value is -3.75. The summed E-state index contributed by atoms with van der Waals surface area (Å²) in [5.41, 5.74) is 7.29. The van der Waals surface area contributed by atoms with Gasteiger partial charge in [0.1, 0.15) is 0 Å². The zero-order valence-corrected chi connectivity index (χ0v) is 19.0. The molecule has 1 aliphatic heterocycles. The van der Waals surface area contributed by atoms with Gasteiger partial charge in [-0.25, -0.2) is 4.79 Å². The molecule has 1 fully saturated rings. The van der Waals surface area contributed by atoms with Gasteiger partial charge < -0.3 is 20.5 Å². The molecule has 2 heterocycles. The van der Waals surface area contributed by atoms with E-state index in [4.69, 9.17) is 10.5 Å². The number of aromatic nitrogens is 2. The third-order valence-electron chi connectivity index (χ3n) is 6.23. The minimum Gasteiger partial charge on any atom is -0.504 e. The number of likely N-dealkylation sites (tertiary alicyclic amines) is 1. The highest BCUT2D eigenvalue weighted by Crippen LogP contribution is 2.32. The second-order valence-electron chi connectivity index (χ2n) is 8.40. The van der Waals surface area contributed by atoms with E-state index < -0.39 is 0 Å². The van der Waals surface area contributed by atoms with Crippen molar-refractivity contribution in [2.24, 2.45) is 7.05 Å². The number of amides is 1. The molecule has 174 valence electrons. The number of piperidine rings is 1. The lowest BCUT2D eigenvalue weighted by Gasteiger charge is -2.33. The molecule has 9 nitrogen and oxygen atoms in total. The fourth-order valence-corrected chi connectivity index (χ4v) is 4.46. The molecular weight excluding hydrogens is 424 g/mol. The molecule has 1 saturated heterocycles. The number of benzene rings is 2. The predicted molar refractivity (Wildman–Crippen MR) is 126 cm³/mol. The molecule has 3 N–H and O–H groups in total. The number of nitrogen functional groups attached to an aromatic ring is 1. The van der Waals surface area contributed by atoms with Crippen molar-refractivity contribution in [2.45, 2.75) is 32.7 Å². The van der Waals surface area contributed by atoms with Gasteiger partial charge in [-0.15, -0.1) is 0 Å². The first-order valence-corrected chi connectivity index (χ1v) is 11.0. The van der Waals surface area contributed by atoms with E-state index in [2.05, 4.69) is 0 Å². The van der Waals surface area contributed by atoms with Crippen molar-refractivity contribution in [3.8, 4) is 11.5 Å². The van der Waals surface area contributed by atoms with E-state index >= 15 is 0 Å². The topological polar surface area (TPSA) is 120 Å². The number of aromatic hydroxyl groups is 1. The molecule has 0 radical (unpaired) electrons. The number of fused-ring (bicyclic) bond motifs is 1. The van der Waals surface area contributed by atoms with Crippen LogP contribution in [0.2, 0.25) is 0 Å². The molecule has 0 unspecified atom stereocenters. The molecule has 1 aliphatic rings. The minimum absolute atomic E-state index is 0.119. The van der Waals surface area contributed by atoms with Crippen molar-refractivity contribution in [3.63, 3.8) is 0 Å². The van der Waals surface area contributed by atoms with Gasteiger partial charge in [0.05, 0.1) is 23.1 Å². The SMILES string of the molecule is CCOc1cc(C(=O)N2CCC(n3c(=O)c4cc(C)ccc4n(C)c3=O)CC2)c(N)cc1O. The normalized spacial score (nSPS) is 14.6. The van der Waals surface area contributed by atoms with E-state index in [1.54, 1.807) is 31.0 Å². The van der Waals surface area contributed by atoms with E-state index in [0.29, 0.717) is 43.4 Å². The first-order valence-electron chi connectivity index (χ1n) is 11.0. The quantitative estimate of drug-likeness (QED) is 0.586. The zero-order valence-electron chi connectivity index (χ0n) is 19.0. The number of nitrogens with zero attached hydrogens (tertiary/aromatic N) is 3. The highest BCUT2D eigenvalue weighted by Gasteiger charge is 2.28. The van der Waals surface area contributed by atoms with Crippen LogP contribution in [0.1, 0.15) is 41.7 Å². The molecule has 0 saturated carbocycles. The number of anilines is 1. The number of rotatable bonds is 4. The Morgan fingerprint density at radius 3 is 2.55 bits per heavy atom. The zero-order chi connectivity index (χ0) is 23.9. The van der Waals surface area contributed by atoms with Gasteiger partial charge in [-0.3, -0.25) is 18.7 Å². The second-order valence-corrected chi connectivity index (χ2v) is 8.40. The van der Waals surface area contributed by atoms with E-state index in [1.165, 1.54) is 21.3 Å². The van der Waals surface area contributed by atoms with Gasteiger partial charge in [-0.2, -0.15) is 0 Å². The number of ether oxygens (including phenoxy) is 1. The Morgan fingerprint density at radius 1 is 1.18 bits per heavy atom. The highest BCUT2D eigenvalue weighted by atomic mass is 16.5. The monoisotopic (exact) mass is 452 g/mol. The summed E-state index contributed by atoms with van der Waals surface area (Å²) < 4.78 is 8.20. The van der Waals surface area contributed by atoms with Gasteiger partial charge >= 0.3 is 5.69 Å². The predicted octanol–water partition coefficient (Wildman–Crippen LogP) is 2.17. The molecule has 2 aromatic carbocycles. The summed E-state index contributed by atoms with van der Waals surface area (Å²) in [6.45, 7) is 4.77. The summed E-state index contributed by atoms with van der Waals surface area (Å²) in [6.07, 6.45) is 0.934. The molecule has 4 rings (SSSR count). The first kappa shape index (κ1) is 22.4. The number of carbonyl (C=O) groups excluding carboxylic acids is 1. The summed E-state index contributed by atoms with van der Waals surface area (Å²) >= 11 is 0. The molecule has 1 amide bonds. The van der Waals surface area contributed by atoms with Crippen molar-refractivity contribution in [3.05, 3.63) is 62.3 Å². The largest absolute Gasteiger partial charge is 0.504 e. The van der Waals surface area contributed by atoms with Gasteiger partial charge in [0.15, 0.2) is 11.5 Å². The van der Waals surface area contributed by atoms with E-state index in [9.17, 15) is 19.5 Å². The van der Waals surface area contributed by atoms with Gasteiger partial charge in [0.2, 0.25) is 0 Å². The fourth-order valence-electron chi connectivity index (χ4n) is 4.46. The summed E-state index contributed by atoms with van der Waals surface area (Å²) in [6, 6.07) is 7.93. The van der Waals surface area contributed by atoms with Crippen LogP contribution in [-0.4, -0.2) is 44.7 Å². The molecule has 33 heavy (non-hydrogen) atoms. The van der Waals surface area contributed by atoms with Crippen LogP contribution in [-0.2, 0) is 7.05 Å². The summed E-state index contributed by atoms with van der Waals surface area (Å²) in [4.78, 5) is 40.9. The highest BCUT2D eigenvalue weighted by molar-refractivity contribution is 6.00. The van der Waals surface area contributed by atoms with Crippen LogP contribution in [0.25, 0.3) is 10.9 Å². The molecule has 0 spiro atoms. The van der Waals surface area contributed by atoms with Crippen LogP contribution >= 0.6 is 0 Å². The number of carbonyl (C=O) groups is 1. The van der Waals surface area contributed by atoms with Gasteiger partial charge in [0.25, 0.3) is 11.5 Å². The smallest absolute Gasteiger partial charge is 0.331 e. The van der Waals surface area contributed by atoms with Crippen molar-refractivity contribution in [1.29, 1.82) is 0 Å². The molecular formula is C24H28N4O5. The van der Waals surface area contributed by atoms with Crippen LogP contribution in [0.3, 0.4) is 0 Å². The lowest BCUT2D eigenvalue weighted by molar-refractivity contribution is 0.0692. The lowest BCUT2D eigenvalue weighted by Crippen LogP contribution is -2.46. The third kappa shape index (κ3) is 3.94. The number of hydrogen-bond donors (Lipinski definition) is 2. The Labute approximate surface area is 190 Å². The maximum atomic E-state index is 13.2. The third-order valence-corrected chi connectivity index (χ3v) is 6.23. The van der Waals surface area contributed by atoms with E-state index in [0.717, 1.165) is 5.56 Å². The van der Waals surface area contributed by atoms with E-state index in [1.807, 2.05) is 13.0 Å². The Balaban J connectivity index is 1.60. The number of hydrogen-bond acceptors (Lipinski definition) is 6. The summed E-state index contributed by atoms with van der Waals surface area (Å²) in [7, 11) is 1.66. The first-order chi connectivity index (χ1) is 15.7. The van der Waals surface area contributed by atoms with Crippen molar-refractivity contribution in [1.82, 2.24) is 14.0 Å². The van der Waals surface area contributed by atoms with Crippen LogP contribution < -0.4 is 21.7 Å². The van der Waals surface area contributed by atoms with Crippen LogP contribution in [0.4, 0.5) is 5.69 Å². The molecule has 1 aromatic heterocycles. The fraction of sp³-hybridized carbons (Fsp3) is 0.375. The maximum absolute atomic E-state index is 13.2. The summed E-state index contributed by atoms with van der Waals surface area (Å²) in [5.74, 6) is -0.195. The van der Waals surface area contributed by atoms with Gasteiger partial charge in [-0.05, 0) is 44.9 Å². The molecule has 0 aliphatic carbocycles. The minimum atomic E-state index is -0.356. The molecule has 3 aromatic rings. The van der Waals surface area contributed by atoms with Gasteiger partial charge in [0, 0.05) is 37.9 Å². The standard InChI is InChI=1S/C24H28N4O5/c1-4-33-21-12-16(18(25)13-20(21)29)22(30)27-9-7-15(8-10-27)28-23(31)17-11-14(2)5-6-19(17)26(3)24(28)32/h5-6,11-13,15,29H,4,7-10,25H2,1-3H3. The number of aryl methyl sites for hydroxylation is 2. The number of phenolic OH excluding ortho intramolecular Hbond substituents is 1. The average Bonchev–Trinajstić information content (AvgIpc) is 2.79. The van der Waals surface area contributed by atoms with Crippen molar-refractivity contribution < 1.29 is 14.6 Å². The Kier molecular flexibility index (Phi) is 5.88. The van der Waals surface area contributed by atoms with Crippen LogP contribution in [0.5, 0.6) is 11.5 Å². The number of phenols is 1. The van der Waals surface area contributed by atoms with Crippen molar-refractivity contribution >= 4 is 22.5 Å². The average molecular weight is 453 g/mol.